The SMILES string of the molecule is CCc1nc(CN(C)Cc2csc(C)n2)no1. The molecule has 0 atom stereocenters. The lowest BCUT2D eigenvalue weighted by Gasteiger charge is -2.11. The number of aromatic nitrogens is 3. The molecule has 0 aliphatic carbocycles. The van der Waals surface area contributed by atoms with Crippen molar-refractivity contribution >= 4 is 11.3 Å². The van der Waals surface area contributed by atoms with E-state index in [0.29, 0.717) is 12.4 Å². The molecule has 2 rings (SSSR count). The first-order chi connectivity index (χ1) is 8.17. The average molecular weight is 252 g/mol. The number of hydrogen-bond acceptors (Lipinski definition) is 6. The largest absolute Gasteiger partial charge is 0.339 e. The maximum absolute atomic E-state index is 5.07. The van der Waals surface area contributed by atoms with Crippen molar-refractivity contribution in [2.45, 2.75) is 33.4 Å². The molecule has 0 aliphatic heterocycles. The molecule has 0 fully saturated rings. The second-order valence-electron chi connectivity index (χ2n) is 3.99. The topological polar surface area (TPSA) is 55.1 Å². The Bertz CT molecular complexity index is 479. The van der Waals surface area contributed by atoms with Gasteiger partial charge >= 0.3 is 0 Å². The van der Waals surface area contributed by atoms with Gasteiger partial charge in [0.05, 0.1) is 17.2 Å². The Labute approximate surface area is 104 Å². The third kappa shape index (κ3) is 3.34. The average Bonchev–Trinajstić information content (AvgIpc) is 2.88. The minimum Gasteiger partial charge on any atom is -0.339 e. The summed E-state index contributed by atoms with van der Waals surface area (Å²) >= 11 is 1.67. The van der Waals surface area contributed by atoms with Gasteiger partial charge in [0, 0.05) is 18.3 Å². The van der Waals surface area contributed by atoms with E-state index in [4.69, 9.17) is 4.52 Å². The van der Waals surface area contributed by atoms with E-state index < -0.39 is 0 Å². The molecule has 2 aromatic rings. The van der Waals surface area contributed by atoms with Crippen molar-refractivity contribution in [3.8, 4) is 0 Å². The minimum atomic E-state index is 0.681. The molecule has 0 N–H and O–H groups in total. The van der Waals surface area contributed by atoms with Crippen molar-refractivity contribution in [2.75, 3.05) is 7.05 Å². The fourth-order valence-corrected chi connectivity index (χ4v) is 2.16. The standard InChI is InChI=1S/C11H16N4OS/c1-4-11-13-10(14-16-11)6-15(3)5-9-7-17-8(2)12-9/h7H,4-6H2,1-3H3. The lowest BCUT2D eigenvalue weighted by Crippen LogP contribution is -2.18. The zero-order valence-electron chi connectivity index (χ0n) is 10.3. The van der Waals surface area contributed by atoms with Gasteiger partial charge in [-0.25, -0.2) is 4.98 Å². The highest BCUT2D eigenvalue weighted by atomic mass is 32.1. The molecule has 6 heteroatoms. The van der Waals surface area contributed by atoms with Crippen LogP contribution in [0.15, 0.2) is 9.90 Å². The molecule has 0 saturated heterocycles. The smallest absolute Gasteiger partial charge is 0.226 e. The molecule has 0 unspecified atom stereocenters. The molecule has 0 radical (unpaired) electrons. The van der Waals surface area contributed by atoms with Gasteiger partial charge in [0.15, 0.2) is 5.82 Å². The van der Waals surface area contributed by atoms with Gasteiger partial charge in [-0.3, -0.25) is 4.90 Å². The lowest BCUT2D eigenvalue weighted by molar-refractivity contribution is 0.297. The highest BCUT2D eigenvalue weighted by Gasteiger charge is 2.09. The molecule has 0 spiro atoms. The normalized spacial score (nSPS) is 11.3. The van der Waals surface area contributed by atoms with Crippen molar-refractivity contribution in [1.29, 1.82) is 0 Å². The first-order valence-corrected chi connectivity index (χ1v) is 6.46. The highest BCUT2D eigenvalue weighted by molar-refractivity contribution is 7.09. The van der Waals surface area contributed by atoms with E-state index in [1.54, 1.807) is 11.3 Å². The maximum atomic E-state index is 5.07. The van der Waals surface area contributed by atoms with Gasteiger partial charge in [-0.1, -0.05) is 12.1 Å². The Kier molecular flexibility index (Phi) is 3.86. The van der Waals surface area contributed by atoms with E-state index in [2.05, 4.69) is 25.4 Å². The Balaban J connectivity index is 1.90. The van der Waals surface area contributed by atoms with Crippen LogP contribution < -0.4 is 0 Å². The monoisotopic (exact) mass is 252 g/mol. The predicted octanol–water partition coefficient (Wildman–Crippen LogP) is 2.03. The lowest BCUT2D eigenvalue weighted by atomic mass is 10.4. The van der Waals surface area contributed by atoms with Crippen LogP contribution in [-0.2, 0) is 19.5 Å². The van der Waals surface area contributed by atoms with Crippen LogP contribution >= 0.6 is 11.3 Å². The van der Waals surface area contributed by atoms with Crippen molar-refractivity contribution in [1.82, 2.24) is 20.0 Å². The van der Waals surface area contributed by atoms with Crippen molar-refractivity contribution in [3.05, 3.63) is 27.8 Å². The van der Waals surface area contributed by atoms with Crippen LogP contribution in [-0.4, -0.2) is 27.1 Å². The molecule has 17 heavy (non-hydrogen) atoms. The molecule has 0 bridgehead atoms. The minimum absolute atomic E-state index is 0.681. The Morgan fingerprint density at radius 2 is 2.18 bits per heavy atom. The van der Waals surface area contributed by atoms with E-state index in [1.165, 1.54) is 0 Å². The first-order valence-electron chi connectivity index (χ1n) is 5.58. The number of hydrogen-bond donors (Lipinski definition) is 0. The van der Waals surface area contributed by atoms with E-state index in [1.807, 2.05) is 20.9 Å². The fourth-order valence-electron chi connectivity index (χ4n) is 1.55. The summed E-state index contributed by atoms with van der Waals surface area (Å²) in [5.41, 5.74) is 1.09. The second-order valence-corrected chi connectivity index (χ2v) is 5.05. The number of thiazole rings is 1. The van der Waals surface area contributed by atoms with Crippen LogP contribution in [0.25, 0.3) is 0 Å². The molecule has 0 saturated carbocycles. The van der Waals surface area contributed by atoms with E-state index in [9.17, 15) is 0 Å². The van der Waals surface area contributed by atoms with Crippen LogP contribution in [0.2, 0.25) is 0 Å². The summed E-state index contributed by atoms with van der Waals surface area (Å²) in [5.74, 6) is 1.43. The van der Waals surface area contributed by atoms with Gasteiger partial charge in [0.2, 0.25) is 5.89 Å². The van der Waals surface area contributed by atoms with Crippen LogP contribution in [0, 0.1) is 6.92 Å². The van der Waals surface area contributed by atoms with Crippen molar-refractivity contribution in [3.63, 3.8) is 0 Å². The molecule has 5 nitrogen and oxygen atoms in total. The molecule has 0 aromatic carbocycles. The highest BCUT2D eigenvalue weighted by Crippen LogP contribution is 2.11. The van der Waals surface area contributed by atoms with Gasteiger partial charge in [0.25, 0.3) is 0 Å². The first kappa shape index (κ1) is 12.2. The number of aryl methyl sites for hydroxylation is 2. The summed E-state index contributed by atoms with van der Waals surface area (Å²) in [7, 11) is 2.02. The van der Waals surface area contributed by atoms with Gasteiger partial charge in [-0.2, -0.15) is 4.98 Å². The van der Waals surface area contributed by atoms with Gasteiger partial charge < -0.3 is 4.52 Å². The Morgan fingerprint density at radius 3 is 2.76 bits per heavy atom. The quantitative estimate of drug-likeness (QED) is 0.815. The number of rotatable bonds is 5. The van der Waals surface area contributed by atoms with Gasteiger partial charge in [-0.15, -0.1) is 11.3 Å². The summed E-state index contributed by atoms with van der Waals surface area (Å²) in [5, 5.41) is 7.11. The fraction of sp³-hybridized carbons (Fsp3) is 0.545. The third-order valence-electron chi connectivity index (χ3n) is 2.32. The summed E-state index contributed by atoms with van der Waals surface area (Å²) < 4.78 is 5.07. The van der Waals surface area contributed by atoms with Crippen LogP contribution in [0.1, 0.15) is 29.3 Å². The molecular formula is C11H16N4OS. The molecule has 2 heterocycles. The number of nitrogens with zero attached hydrogens (tertiary/aromatic N) is 4. The van der Waals surface area contributed by atoms with Gasteiger partial charge in [0.1, 0.15) is 0 Å². The zero-order chi connectivity index (χ0) is 12.3. The van der Waals surface area contributed by atoms with Crippen LogP contribution in [0.5, 0.6) is 0 Å². The Hall–Kier alpha value is -1.27. The maximum Gasteiger partial charge on any atom is 0.226 e. The second kappa shape index (κ2) is 5.37. The summed E-state index contributed by atoms with van der Waals surface area (Å²) in [6.07, 6.45) is 0.780. The molecule has 92 valence electrons. The Morgan fingerprint density at radius 1 is 1.35 bits per heavy atom. The summed E-state index contributed by atoms with van der Waals surface area (Å²) in [4.78, 5) is 10.8. The van der Waals surface area contributed by atoms with E-state index in [-0.39, 0.29) is 0 Å². The summed E-state index contributed by atoms with van der Waals surface area (Å²) in [6, 6.07) is 0. The summed E-state index contributed by atoms with van der Waals surface area (Å²) in [6.45, 7) is 5.50. The van der Waals surface area contributed by atoms with Crippen LogP contribution in [0.4, 0.5) is 0 Å². The molecule has 2 aromatic heterocycles. The zero-order valence-corrected chi connectivity index (χ0v) is 11.1. The third-order valence-corrected chi connectivity index (χ3v) is 3.14. The van der Waals surface area contributed by atoms with E-state index >= 15 is 0 Å². The molecule has 0 amide bonds. The van der Waals surface area contributed by atoms with Crippen molar-refractivity contribution < 1.29 is 4.52 Å². The van der Waals surface area contributed by atoms with E-state index in [0.717, 1.165) is 29.5 Å². The van der Waals surface area contributed by atoms with Crippen LogP contribution in [0.3, 0.4) is 0 Å². The predicted molar refractivity (Wildman–Crippen MR) is 65.7 cm³/mol. The molecular weight excluding hydrogens is 236 g/mol. The molecule has 0 aliphatic rings. The van der Waals surface area contributed by atoms with Crippen molar-refractivity contribution in [2.24, 2.45) is 0 Å². The van der Waals surface area contributed by atoms with Gasteiger partial charge in [-0.05, 0) is 14.0 Å².